The molecule has 1 aromatic heterocycles. The summed E-state index contributed by atoms with van der Waals surface area (Å²) in [6, 6.07) is 4.14. The summed E-state index contributed by atoms with van der Waals surface area (Å²) >= 11 is 0.570. The van der Waals surface area contributed by atoms with E-state index in [4.69, 9.17) is 0 Å². The van der Waals surface area contributed by atoms with Crippen LogP contribution in [0.4, 0.5) is 26.3 Å². The zero-order valence-corrected chi connectivity index (χ0v) is 16.5. The van der Waals surface area contributed by atoms with Gasteiger partial charge in [0, 0.05) is 23.7 Å². The molecule has 30 heavy (non-hydrogen) atoms. The van der Waals surface area contributed by atoms with Gasteiger partial charge < -0.3 is 10.0 Å². The normalized spacial score (nSPS) is 16.9. The largest absolute Gasteiger partial charge is 0.424 e. The van der Waals surface area contributed by atoms with Gasteiger partial charge in [0.2, 0.25) is 11.5 Å². The highest BCUT2D eigenvalue weighted by Gasteiger charge is 2.59. The summed E-state index contributed by atoms with van der Waals surface area (Å²) in [7, 11) is 0. The van der Waals surface area contributed by atoms with Crippen molar-refractivity contribution in [2.24, 2.45) is 0 Å². The Hall–Kier alpha value is -2.14. The lowest BCUT2D eigenvalue weighted by molar-refractivity contribution is -0.268. The monoisotopic (exact) mass is 452 g/mol. The summed E-state index contributed by atoms with van der Waals surface area (Å²) in [5.74, 6) is -1.08. The number of aliphatic hydroxyl groups is 1. The molecule has 1 unspecified atom stereocenters. The summed E-state index contributed by atoms with van der Waals surface area (Å²) < 4.78 is 80.9. The molecule has 1 atom stereocenters. The van der Waals surface area contributed by atoms with E-state index in [2.05, 4.69) is 4.98 Å². The third-order valence-corrected chi connectivity index (χ3v) is 5.93. The highest BCUT2D eigenvalue weighted by atomic mass is 32.1. The predicted octanol–water partition coefficient (Wildman–Crippen LogP) is 4.80. The number of carbonyl (C=O) groups excluding carboxylic acids is 1. The third-order valence-electron chi connectivity index (χ3n) is 4.82. The number of amides is 1. The molecule has 4 nitrogen and oxygen atoms in total. The summed E-state index contributed by atoms with van der Waals surface area (Å²) in [6.45, 7) is 0.952. The number of aromatic nitrogens is 1. The van der Waals surface area contributed by atoms with Gasteiger partial charge in [-0.25, -0.2) is 4.98 Å². The van der Waals surface area contributed by atoms with Crippen LogP contribution in [0.1, 0.15) is 41.1 Å². The van der Waals surface area contributed by atoms with E-state index in [0.717, 1.165) is 11.0 Å². The van der Waals surface area contributed by atoms with Gasteiger partial charge in [0.25, 0.3) is 0 Å². The molecule has 1 aliphatic carbocycles. The Morgan fingerprint density at radius 3 is 2.33 bits per heavy atom. The van der Waals surface area contributed by atoms with Crippen LogP contribution < -0.4 is 0 Å². The first-order chi connectivity index (χ1) is 13.8. The maximum absolute atomic E-state index is 13.7. The van der Waals surface area contributed by atoms with Crippen molar-refractivity contribution in [1.29, 1.82) is 0 Å². The van der Waals surface area contributed by atoms with Crippen molar-refractivity contribution in [3.05, 3.63) is 51.5 Å². The molecular weight excluding hydrogens is 434 g/mol. The van der Waals surface area contributed by atoms with Crippen LogP contribution >= 0.6 is 11.3 Å². The number of thiazole rings is 1. The minimum Gasteiger partial charge on any atom is -0.374 e. The van der Waals surface area contributed by atoms with Crippen LogP contribution in [0.2, 0.25) is 0 Å². The average molecular weight is 452 g/mol. The zero-order chi connectivity index (χ0) is 22.3. The van der Waals surface area contributed by atoms with Crippen LogP contribution in [0.5, 0.6) is 0 Å². The van der Waals surface area contributed by atoms with Gasteiger partial charge in [-0.15, -0.1) is 11.3 Å². The minimum atomic E-state index is -5.19. The minimum absolute atomic E-state index is 0.217. The van der Waals surface area contributed by atoms with Crippen LogP contribution in [0.25, 0.3) is 0 Å². The van der Waals surface area contributed by atoms with E-state index >= 15 is 0 Å². The number of benzene rings is 1. The molecule has 1 saturated carbocycles. The third kappa shape index (κ3) is 4.61. The van der Waals surface area contributed by atoms with E-state index in [9.17, 15) is 36.2 Å². The molecule has 0 bridgehead atoms. The van der Waals surface area contributed by atoms with Gasteiger partial charge in [-0.3, -0.25) is 4.79 Å². The topological polar surface area (TPSA) is 53.4 Å². The van der Waals surface area contributed by atoms with Crippen LogP contribution in [0.3, 0.4) is 0 Å². The molecule has 1 N–H and O–H groups in total. The van der Waals surface area contributed by atoms with Gasteiger partial charge in [0.05, 0.1) is 12.0 Å². The number of hydrogen-bond donors (Lipinski definition) is 1. The van der Waals surface area contributed by atoms with E-state index in [0.29, 0.717) is 24.2 Å². The van der Waals surface area contributed by atoms with Crippen molar-refractivity contribution in [2.75, 3.05) is 0 Å². The van der Waals surface area contributed by atoms with Gasteiger partial charge >= 0.3 is 12.4 Å². The Morgan fingerprint density at radius 2 is 1.83 bits per heavy atom. The molecule has 1 fully saturated rings. The number of carbonyl (C=O) groups is 1. The first-order valence-corrected chi connectivity index (χ1v) is 9.87. The Morgan fingerprint density at radius 1 is 1.20 bits per heavy atom. The van der Waals surface area contributed by atoms with E-state index in [1.807, 2.05) is 0 Å². The van der Waals surface area contributed by atoms with Crippen LogP contribution in [0.15, 0.2) is 29.6 Å². The Bertz CT molecular complexity index is 922. The number of alkyl halides is 6. The van der Waals surface area contributed by atoms with Crippen molar-refractivity contribution in [2.45, 2.75) is 56.7 Å². The van der Waals surface area contributed by atoms with E-state index < -0.39 is 53.4 Å². The molecule has 11 heteroatoms. The lowest BCUT2D eigenvalue weighted by Crippen LogP contribution is -2.47. The lowest BCUT2D eigenvalue weighted by Gasteiger charge is -2.31. The molecule has 164 valence electrons. The number of nitrogens with zero attached hydrogens (tertiary/aromatic N) is 2. The van der Waals surface area contributed by atoms with E-state index in [1.165, 1.54) is 30.5 Å². The molecule has 1 aliphatic rings. The van der Waals surface area contributed by atoms with E-state index in [-0.39, 0.29) is 11.3 Å². The van der Waals surface area contributed by atoms with E-state index in [1.54, 1.807) is 0 Å². The molecule has 1 aromatic carbocycles. The number of hydrogen-bond acceptors (Lipinski definition) is 4. The van der Waals surface area contributed by atoms with Crippen LogP contribution in [-0.4, -0.2) is 33.1 Å². The second-order valence-electron chi connectivity index (χ2n) is 7.24. The second-order valence-corrected chi connectivity index (χ2v) is 8.09. The SMILES string of the molecule is Cc1csc(C(O)(CC(=O)N(Cc2ccccc2C(F)(F)F)C2CC2)C(F)(F)F)n1. The predicted molar refractivity (Wildman–Crippen MR) is 96.4 cm³/mol. The first kappa shape index (κ1) is 22.5. The summed E-state index contributed by atoms with van der Waals surface area (Å²) in [6.07, 6.45) is -10.3. The summed E-state index contributed by atoms with van der Waals surface area (Å²) in [5.41, 5.74) is -4.43. The maximum Gasteiger partial charge on any atom is 0.424 e. The van der Waals surface area contributed by atoms with Gasteiger partial charge in [-0.1, -0.05) is 18.2 Å². The Balaban J connectivity index is 1.90. The highest BCUT2D eigenvalue weighted by Crippen LogP contribution is 2.44. The van der Waals surface area contributed by atoms with Crippen molar-refractivity contribution >= 4 is 17.2 Å². The van der Waals surface area contributed by atoms with Gasteiger partial charge in [0.15, 0.2) is 0 Å². The fraction of sp³-hybridized carbons (Fsp3) is 0.474. The number of halogens is 6. The Labute approximate surface area is 172 Å². The fourth-order valence-electron chi connectivity index (χ4n) is 3.09. The number of aryl methyl sites for hydroxylation is 1. The van der Waals surface area contributed by atoms with Crippen LogP contribution in [0, 0.1) is 6.92 Å². The summed E-state index contributed by atoms with van der Waals surface area (Å²) in [5, 5.41) is 11.0. The molecule has 0 spiro atoms. The lowest BCUT2D eigenvalue weighted by atomic mass is 9.98. The quantitative estimate of drug-likeness (QED) is 0.641. The van der Waals surface area contributed by atoms with Crippen molar-refractivity contribution in [3.8, 4) is 0 Å². The molecule has 3 rings (SSSR count). The molecule has 0 radical (unpaired) electrons. The maximum atomic E-state index is 13.7. The molecule has 1 amide bonds. The van der Waals surface area contributed by atoms with Crippen molar-refractivity contribution in [1.82, 2.24) is 9.88 Å². The number of rotatable bonds is 6. The molecule has 1 heterocycles. The van der Waals surface area contributed by atoms with Gasteiger partial charge in [-0.2, -0.15) is 26.3 Å². The smallest absolute Gasteiger partial charge is 0.374 e. The molecule has 0 aliphatic heterocycles. The zero-order valence-electron chi connectivity index (χ0n) is 15.7. The second kappa shape index (κ2) is 7.84. The standard InChI is InChI=1S/C19H18F6N2O2S/c1-11-10-30-16(26-11)17(29,19(23,24)25)8-15(28)27(13-6-7-13)9-12-4-2-3-5-14(12)18(20,21)22/h2-5,10,13,29H,6-9H2,1H3. The van der Waals surface area contributed by atoms with Gasteiger partial charge in [-0.05, 0) is 31.4 Å². The Kier molecular flexibility index (Phi) is 5.89. The van der Waals surface area contributed by atoms with Crippen molar-refractivity contribution in [3.63, 3.8) is 0 Å². The van der Waals surface area contributed by atoms with Crippen molar-refractivity contribution < 1.29 is 36.2 Å². The molecule has 2 aromatic rings. The van der Waals surface area contributed by atoms with Gasteiger partial charge in [0.1, 0.15) is 5.01 Å². The first-order valence-electron chi connectivity index (χ1n) is 8.99. The molecule has 0 saturated heterocycles. The average Bonchev–Trinajstić information content (AvgIpc) is 3.37. The molecular formula is C19H18F6N2O2S. The fourth-order valence-corrected chi connectivity index (χ4v) is 4.00. The highest BCUT2D eigenvalue weighted by molar-refractivity contribution is 7.09. The van der Waals surface area contributed by atoms with Crippen LogP contribution in [-0.2, 0) is 23.1 Å². The summed E-state index contributed by atoms with van der Waals surface area (Å²) in [4.78, 5) is 17.5.